The van der Waals surface area contributed by atoms with E-state index < -0.39 is 0 Å². The lowest BCUT2D eigenvalue weighted by molar-refractivity contribution is 0.0677. The maximum atomic E-state index is 12.7. The molecule has 3 rings (SSSR count). The van der Waals surface area contributed by atoms with Crippen LogP contribution in [0.1, 0.15) is 35.4 Å². The van der Waals surface area contributed by atoms with Crippen molar-refractivity contribution in [3.05, 3.63) is 66.4 Å². The molecule has 0 N–H and O–H groups in total. The Kier molecular flexibility index (Phi) is 4.68. The summed E-state index contributed by atoms with van der Waals surface area (Å²) in [5.41, 5.74) is 1.04. The van der Waals surface area contributed by atoms with E-state index in [2.05, 4.69) is 17.1 Å². The molecule has 1 atom stereocenters. The maximum absolute atomic E-state index is 12.7. The molecule has 2 aromatic rings. The highest BCUT2D eigenvalue weighted by molar-refractivity contribution is 5.91. The molecule has 0 saturated carbocycles. The molecule has 4 nitrogen and oxygen atoms in total. The second-order valence-electron chi connectivity index (χ2n) is 5.67. The summed E-state index contributed by atoms with van der Waals surface area (Å²) in [5, 5.41) is 0. The summed E-state index contributed by atoms with van der Waals surface area (Å²) in [6.45, 7) is 1.31. The van der Waals surface area contributed by atoms with Crippen LogP contribution in [0.3, 0.4) is 0 Å². The van der Waals surface area contributed by atoms with Crippen molar-refractivity contribution in [3.8, 4) is 0 Å². The molecule has 0 saturated heterocycles. The lowest BCUT2D eigenvalue weighted by atomic mass is 9.93. The first-order valence-corrected chi connectivity index (χ1v) is 7.69. The van der Waals surface area contributed by atoms with Crippen LogP contribution < -0.4 is 0 Å². The van der Waals surface area contributed by atoms with Gasteiger partial charge in [-0.25, -0.2) is 0 Å². The summed E-state index contributed by atoms with van der Waals surface area (Å²) in [6, 6.07) is 7.36. The van der Waals surface area contributed by atoms with E-state index >= 15 is 0 Å². The van der Waals surface area contributed by atoms with Crippen molar-refractivity contribution in [2.45, 2.75) is 25.8 Å². The van der Waals surface area contributed by atoms with Gasteiger partial charge in [0, 0.05) is 25.5 Å². The fourth-order valence-corrected chi connectivity index (χ4v) is 2.82. The SMILES string of the molecule is O=C(c1ccco1)N(Cc1cccnc1)C[C@@H]1CC=CCC1. The highest BCUT2D eigenvalue weighted by atomic mass is 16.3. The van der Waals surface area contributed by atoms with Crippen LogP contribution in [0.5, 0.6) is 0 Å². The Hall–Kier alpha value is -2.36. The van der Waals surface area contributed by atoms with Crippen molar-refractivity contribution < 1.29 is 9.21 Å². The van der Waals surface area contributed by atoms with Crippen LogP contribution in [0.25, 0.3) is 0 Å². The number of nitrogens with zero attached hydrogens (tertiary/aromatic N) is 2. The number of pyridine rings is 1. The second-order valence-corrected chi connectivity index (χ2v) is 5.67. The largest absolute Gasteiger partial charge is 0.459 e. The van der Waals surface area contributed by atoms with Gasteiger partial charge in [0.15, 0.2) is 5.76 Å². The van der Waals surface area contributed by atoms with Gasteiger partial charge < -0.3 is 9.32 Å². The molecule has 0 fully saturated rings. The van der Waals surface area contributed by atoms with Gasteiger partial charge in [-0.3, -0.25) is 9.78 Å². The number of rotatable bonds is 5. The number of hydrogen-bond donors (Lipinski definition) is 0. The zero-order valence-corrected chi connectivity index (χ0v) is 12.5. The molecule has 1 aliphatic rings. The first-order valence-electron chi connectivity index (χ1n) is 7.69. The van der Waals surface area contributed by atoms with Crippen molar-refractivity contribution in [1.29, 1.82) is 0 Å². The van der Waals surface area contributed by atoms with E-state index in [0.29, 0.717) is 18.2 Å². The molecular weight excluding hydrogens is 276 g/mol. The molecule has 1 aliphatic carbocycles. The van der Waals surface area contributed by atoms with E-state index in [1.165, 1.54) is 0 Å². The maximum Gasteiger partial charge on any atom is 0.289 e. The Morgan fingerprint density at radius 2 is 2.27 bits per heavy atom. The van der Waals surface area contributed by atoms with Crippen LogP contribution in [0.15, 0.2) is 59.5 Å². The highest BCUT2D eigenvalue weighted by Gasteiger charge is 2.22. The quantitative estimate of drug-likeness (QED) is 0.791. The monoisotopic (exact) mass is 296 g/mol. The number of carbonyl (C=O) groups is 1. The fraction of sp³-hybridized carbons (Fsp3) is 0.333. The molecule has 0 aliphatic heterocycles. The van der Waals surface area contributed by atoms with Crippen molar-refractivity contribution >= 4 is 5.91 Å². The normalized spacial score (nSPS) is 17.4. The molecule has 2 heterocycles. The van der Waals surface area contributed by atoms with Gasteiger partial charge in [-0.05, 0) is 48.9 Å². The van der Waals surface area contributed by atoms with Crippen molar-refractivity contribution in [2.24, 2.45) is 5.92 Å². The summed E-state index contributed by atoms with van der Waals surface area (Å²) < 4.78 is 5.28. The van der Waals surface area contributed by atoms with Crippen molar-refractivity contribution in [3.63, 3.8) is 0 Å². The van der Waals surface area contributed by atoms with Crippen LogP contribution >= 0.6 is 0 Å². The van der Waals surface area contributed by atoms with Gasteiger partial charge in [0.1, 0.15) is 0 Å². The minimum Gasteiger partial charge on any atom is -0.459 e. The standard InChI is InChI=1S/C18H20N2O2/c21-18(17-9-5-11-22-17)20(13-15-6-2-1-3-7-15)14-16-8-4-10-19-12-16/h1-2,4-5,8-12,15H,3,6-7,13-14H2/t15-/m1/s1. The van der Waals surface area contributed by atoms with Crippen molar-refractivity contribution in [1.82, 2.24) is 9.88 Å². The third-order valence-corrected chi connectivity index (χ3v) is 3.97. The third kappa shape index (κ3) is 3.64. The van der Waals surface area contributed by atoms with Crippen LogP contribution in [0, 0.1) is 5.92 Å². The molecule has 114 valence electrons. The third-order valence-electron chi connectivity index (χ3n) is 3.97. The molecule has 0 bridgehead atoms. The van der Waals surface area contributed by atoms with Gasteiger partial charge >= 0.3 is 0 Å². The smallest absolute Gasteiger partial charge is 0.289 e. The lowest BCUT2D eigenvalue weighted by Crippen LogP contribution is -2.35. The van der Waals surface area contributed by atoms with Crippen LogP contribution in [-0.4, -0.2) is 22.3 Å². The summed E-state index contributed by atoms with van der Waals surface area (Å²) in [7, 11) is 0. The van der Waals surface area contributed by atoms with E-state index in [0.717, 1.165) is 31.4 Å². The summed E-state index contributed by atoms with van der Waals surface area (Å²) in [4.78, 5) is 18.7. The molecule has 0 spiro atoms. The van der Waals surface area contributed by atoms with Gasteiger partial charge in [0.05, 0.1) is 6.26 Å². The Morgan fingerprint density at radius 3 is 2.95 bits per heavy atom. The van der Waals surface area contributed by atoms with E-state index in [1.807, 2.05) is 23.2 Å². The van der Waals surface area contributed by atoms with E-state index in [1.54, 1.807) is 24.6 Å². The van der Waals surface area contributed by atoms with Crippen LogP contribution in [0.4, 0.5) is 0 Å². The number of aromatic nitrogens is 1. The zero-order valence-electron chi connectivity index (χ0n) is 12.5. The van der Waals surface area contributed by atoms with Crippen LogP contribution in [0.2, 0.25) is 0 Å². The Labute approximate surface area is 130 Å². The van der Waals surface area contributed by atoms with E-state index in [9.17, 15) is 4.79 Å². The molecule has 1 amide bonds. The first kappa shape index (κ1) is 14.6. The predicted octanol–water partition coefficient (Wildman–Crippen LogP) is 3.67. The number of furan rings is 1. The van der Waals surface area contributed by atoms with Gasteiger partial charge in [-0.15, -0.1) is 0 Å². The van der Waals surface area contributed by atoms with Gasteiger partial charge in [0.2, 0.25) is 0 Å². The molecule has 0 aromatic carbocycles. The van der Waals surface area contributed by atoms with E-state index in [4.69, 9.17) is 4.42 Å². The fourth-order valence-electron chi connectivity index (χ4n) is 2.82. The van der Waals surface area contributed by atoms with Gasteiger partial charge in [0.25, 0.3) is 5.91 Å². The molecule has 4 heteroatoms. The van der Waals surface area contributed by atoms with Crippen LogP contribution in [-0.2, 0) is 6.54 Å². The Bertz CT molecular complexity index is 620. The minimum absolute atomic E-state index is 0.0524. The zero-order chi connectivity index (χ0) is 15.2. The number of carbonyl (C=O) groups excluding carboxylic acids is 1. The Morgan fingerprint density at radius 1 is 1.32 bits per heavy atom. The molecule has 2 aromatic heterocycles. The second kappa shape index (κ2) is 7.07. The summed E-state index contributed by atoms with van der Waals surface area (Å²) in [5.74, 6) is 0.860. The predicted molar refractivity (Wildman–Crippen MR) is 84.2 cm³/mol. The lowest BCUT2D eigenvalue weighted by Gasteiger charge is -2.27. The molecule has 0 unspecified atom stereocenters. The number of amides is 1. The minimum atomic E-state index is -0.0524. The summed E-state index contributed by atoms with van der Waals surface area (Å²) in [6.07, 6.45) is 12.8. The molecule has 22 heavy (non-hydrogen) atoms. The molecule has 0 radical (unpaired) electrons. The highest BCUT2D eigenvalue weighted by Crippen LogP contribution is 2.21. The topological polar surface area (TPSA) is 46.3 Å². The average molecular weight is 296 g/mol. The number of hydrogen-bond acceptors (Lipinski definition) is 3. The molecular formula is C18H20N2O2. The number of allylic oxidation sites excluding steroid dienone is 2. The van der Waals surface area contributed by atoms with E-state index in [-0.39, 0.29) is 5.91 Å². The first-order chi connectivity index (χ1) is 10.8. The van der Waals surface area contributed by atoms with Gasteiger partial charge in [-0.2, -0.15) is 0 Å². The van der Waals surface area contributed by atoms with Gasteiger partial charge in [-0.1, -0.05) is 18.2 Å². The summed E-state index contributed by atoms with van der Waals surface area (Å²) >= 11 is 0. The Balaban J connectivity index is 1.75. The van der Waals surface area contributed by atoms with Crippen molar-refractivity contribution in [2.75, 3.05) is 6.54 Å². The average Bonchev–Trinajstić information content (AvgIpc) is 3.10.